The molecule has 0 unspecified atom stereocenters. The van der Waals surface area contributed by atoms with Crippen molar-refractivity contribution >= 4 is 28.6 Å². The lowest BCUT2D eigenvalue weighted by Crippen LogP contribution is -2.26. The molecule has 0 saturated heterocycles. The van der Waals surface area contributed by atoms with Crippen LogP contribution in [0.1, 0.15) is 44.9 Å². The minimum absolute atomic E-state index is 0.0324. The van der Waals surface area contributed by atoms with Crippen molar-refractivity contribution in [2.45, 2.75) is 26.7 Å². The van der Waals surface area contributed by atoms with Crippen LogP contribution in [-0.4, -0.2) is 28.8 Å². The molecule has 84 valence electrons. The third-order valence-corrected chi connectivity index (χ3v) is 3.33. The maximum Gasteiger partial charge on any atom is 0.227 e. The molecule has 0 spiro atoms. The van der Waals surface area contributed by atoms with Crippen LogP contribution >= 0.6 is 11.3 Å². The Morgan fingerprint density at radius 3 is 2.88 bits per heavy atom. The predicted octanol–water partition coefficient (Wildman–Crippen LogP) is 2.07. The molecule has 4 nitrogen and oxygen atoms in total. The van der Waals surface area contributed by atoms with Gasteiger partial charge < -0.3 is 0 Å². The number of aromatic nitrogens is 1. The Kier molecular flexibility index (Phi) is 2.96. The molecule has 0 N–H and O–H groups in total. The largest absolute Gasteiger partial charge is 0.293 e. The Morgan fingerprint density at radius 2 is 2.19 bits per heavy atom. The van der Waals surface area contributed by atoms with E-state index in [1.165, 1.54) is 11.3 Å². The molecule has 1 heterocycles. The second-order valence-corrected chi connectivity index (χ2v) is 4.87. The third kappa shape index (κ3) is 1.82. The number of Topliss-reactive ketones (excluding diaryl/α,β-unsaturated/α-hetero) is 2. The Labute approximate surface area is 97.4 Å². The number of thiazole rings is 1. The van der Waals surface area contributed by atoms with Crippen LogP contribution in [0.3, 0.4) is 0 Å². The molecular formula is C11H12N2O2S. The lowest BCUT2D eigenvalue weighted by atomic mass is 9.98. The number of aliphatic imine (C=N–C) groups is 1. The van der Waals surface area contributed by atoms with E-state index in [0.717, 1.165) is 11.4 Å². The number of hydrogen-bond acceptors (Lipinski definition) is 5. The fraction of sp³-hybridized carbons (Fsp3) is 0.455. The average Bonchev–Trinajstić information content (AvgIpc) is 2.64. The minimum Gasteiger partial charge on any atom is -0.293 e. The number of carbonyl (C=O) groups excluding carboxylic acids is 2. The number of fused-ring (bicyclic) bond motifs is 1. The standard InChI is InChI=1S/C11H12N2O2S/c1-3-4-12-7-5-8(14)11-9(10(7)15)13-6(2)16-11/h3-5H2,1-2H3. The summed E-state index contributed by atoms with van der Waals surface area (Å²) in [6.45, 7) is 4.37. The SMILES string of the molecule is CCCN=C1CC(=O)c2sc(C)nc2C1=O. The quantitative estimate of drug-likeness (QED) is 0.789. The van der Waals surface area contributed by atoms with Crippen LogP contribution in [0.5, 0.6) is 0 Å². The first-order valence-corrected chi connectivity index (χ1v) is 6.03. The normalized spacial score (nSPS) is 18.0. The van der Waals surface area contributed by atoms with Crippen molar-refractivity contribution in [2.75, 3.05) is 6.54 Å². The summed E-state index contributed by atoms with van der Waals surface area (Å²) in [5, 5.41) is 0.753. The Morgan fingerprint density at radius 1 is 1.44 bits per heavy atom. The van der Waals surface area contributed by atoms with Gasteiger partial charge in [0, 0.05) is 6.54 Å². The molecule has 2 rings (SSSR count). The third-order valence-electron chi connectivity index (χ3n) is 2.32. The Balaban J connectivity index is 2.41. The van der Waals surface area contributed by atoms with E-state index in [1.807, 2.05) is 6.92 Å². The maximum atomic E-state index is 11.9. The molecule has 0 fully saturated rings. The molecule has 1 aromatic heterocycles. The van der Waals surface area contributed by atoms with Gasteiger partial charge >= 0.3 is 0 Å². The van der Waals surface area contributed by atoms with Crippen LogP contribution in [0.25, 0.3) is 0 Å². The molecule has 1 aromatic rings. The Hall–Kier alpha value is -1.36. The summed E-state index contributed by atoms with van der Waals surface area (Å²) >= 11 is 1.29. The van der Waals surface area contributed by atoms with Gasteiger partial charge in [0.05, 0.1) is 17.1 Å². The van der Waals surface area contributed by atoms with E-state index in [2.05, 4.69) is 9.98 Å². The zero-order chi connectivity index (χ0) is 11.7. The van der Waals surface area contributed by atoms with Crippen molar-refractivity contribution in [3.05, 3.63) is 15.6 Å². The average molecular weight is 236 g/mol. The van der Waals surface area contributed by atoms with Gasteiger partial charge in [-0.15, -0.1) is 11.3 Å². The monoisotopic (exact) mass is 236 g/mol. The second kappa shape index (κ2) is 4.25. The summed E-state index contributed by atoms with van der Waals surface area (Å²) in [6.07, 6.45) is 1.00. The molecule has 1 aliphatic rings. The molecule has 0 aromatic carbocycles. The van der Waals surface area contributed by atoms with Gasteiger partial charge in [-0.2, -0.15) is 0 Å². The highest BCUT2D eigenvalue weighted by Crippen LogP contribution is 2.25. The van der Waals surface area contributed by atoms with Crippen molar-refractivity contribution in [3.63, 3.8) is 0 Å². The first kappa shape index (κ1) is 11.1. The van der Waals surface area contributed by atoms with Crippen molar-refractivity contribution in [1.82, 2.24) is 4.98 Å². The molecule has 5 heteroatoms. The van der Waals surface area contributed by atoms with E-state index in [4.69, 9.17) is 0 Å². The van der Waals surface area contributed by atoms with Gasteiger partial charge in [0.25, 0.3) is 0 Å². The fourth-order valence-electron chi connectivity index (χ4n) is 1.59. The first-order valence-electron chi connectivity index (χ1n) is 5.22. The van der Waals surface area contributed by atoms with Crippen LogP contribution in [0, 0.1) is 6.92 Å². The summed E-state index contributed by atoms with van der Waals surface area (Å²) in [5.41, 5.74) is 0.665. The van der Waals surface area contributed by atoms with Crippen molar-refractivity contribution in [1.29, 1.82) is 0 Å². The maximum absolute atomic E-state index is 11.9. The highest BCUT2D eigenvalue weighted by Gasteiger charge is 2.32. The summed E-state index contributed by atoms with van der Waals surface area (Å²) in [6, 6.07) is 0. The van der Waals surface area contributed by atoms with E-state index >= 15 is 0 Å². The number of aryl methyl sites for hydroxylation is 1. The summed E-state index contributed by atoms with van der Waals surface area (Å²) in [4.78, 5) is 32.5. The number of rotatable bonds is 2. The minimum atomic E-state index is -0.174. The van der Waals surface area contributed by atoms with Gasteiger partial charge in [-0.1, -0.05) is 6.92 Å². The zero-order valence-electron chi connectivity index (χ0n) is 9.24. The smallest absolute Gasteiger partial charge is 0.227 e. The highest BCUT2D eigenvalue weighted by molar-refractivity contribution is 7.14. The highest BCUT2D eigenvalue weighted by atomic mass is 32.1. The number of carbonyl (C=O) groups is 2. The topological polar surface area (TPSA) is 59.4 Å². The molecular weight excluding hydrogens is 224 g/mol. The number of hydrogen-bond donors (Lipinski definition) is 0. The van der Waals surface area contributed by atoms with E-state index in [9.17, 15) is 9.59 Å². The van der Waals surface area contributed by atoms with Gasteiger partial charge in [0.15, 0.2) is 5.78 Å². The van der Waals surface area contributed by atoms with Gasteiger partial charge in [0.2, 0.25) is 5.78 Å². The van der Waals surface area contributed by atoms with Crippen LogP contribution in [0.2, 0.25) is 0 Å². The molecule has 0 atom stereocenters. The van der Waals surface area contributed by atoms with Gasteiger partial charge in [-0.3, -0.25) is 14.6 Å². The molecule has 16 heavy (non-hydrogen) atoms. The van der Waals surface area contributed by atoms with Crippen LogP contribution in [0.15, 0.2) is 4.99 Å². The van der Waals surface area contributed by atoms with Crippen molar-refractivity contribution < 1.29 is 9.59 Å². The lowest BCUT2D eigenvalue weighted by Gasteiger charge is -2.09. The van der Waals surface area contributed by atoms with Crippen molar-refractivity contribution in [2.24, 2.45) is 4.99 Å². The fourth-order valence-corrected chi connectivity index (χ4v) is 2.45. The second-order valence-electron chi connectivity index (χ2n) is 3.67. The zero-order valence-corrected chi connectivity index (χ0v) is 10.1. The molecule has 0 amide bonds. The number of nitrogens with zero attached hydrogens (tertiary/aromatic N) is 2. The van der Waals surface area contributed by atoms with E-state index < -0.39 is 0 Å². The van der Waals surface area contributed by atoms with Gasteiger partial charge in [-0.05, 0) is 13.3 Å². The summed E-state index contributed by atoms with van der Waals surface area (Å²) in [5.74, 6) is -0.206. The molecule has 1 aliphatic carbocycles. The van der Waals surface area contributed by atoms with Gasteiger partial charge in [0.1, 0.15) is 10.6 Å². The van der Waals surface area contributed by atoms with Crippen LogP contribution in [0.4, 0.5) is 0 Å². The molecule has 0 radical (unpaired) electrons. The summed E-state index contributed by atoms with van der Waals surface area (Å²) < 4.78 is 0. The number of ketones is 2. The lowest BCUT2D eigenvalue weighted by molar-refractivity contribution is 0.0966. The molecule has 0 aliphatic heterocycles. The first-order chi connectivity index (χ1) is 7.63. The van der Waals surface area contributed by atoms with E-state index in [0.29, 0.717) is 22.8 Å². The van der Waals surface area contributed by atoms with Crippen molar-refractivity contribution in [3.8, 4) is 0 Å². The molecule has 0 bridgehead atoms. The van der Waals surface area contributed by atoms with Gasteiger partial charge in [-0.25, -0.2) is 4.98 Å². The summed E-state index contributed by atoms with van der Waals surface area (Å²) in [7, 11) is 0. The van der Waals surface area contributed by atoms with E-state index in [1.54, 1.807) is 6.92 Å². The Bertz CT molecular complexity index is 488. The molecule has 0 saturated carbocycles. The van der Waals surface area contributed by atoms with E-state index in [-0.39, 0.29) is 18.0 Å². The predicted molar refractivity (Wildman–Crippen MR) is 62.7 cm³/mol. The van der Waals surface area contributed by atoms with Crippen LogP contribution in [-0.2, 0) is 0 Å². The van der Waals surface area contributed by atoms with Crippen LogP contribution < -0.4 is 0 Å².